The Balaban J connectivity index is 1.85. The lowest BCUT2D eigenvalue weighted by Gasteiger charge is -2.12. The van der Waals surface area contributed by atoms with Crippen molar-refractivity contribution in [3.05, 3.63) is 50.4 Å². The van der Waals surface area contributed by atoms with E-state index in [0.717, 1.165) is 20.6 Å². The summed E-state index contributed by atoms with van der Waals surface area (Å²) < 4.78 is 17.1. The molecule has 146 valence electrons. The summed E-state index contributed by atoms with van der Waals surface area (Å²) in [7, 11) is 3.22. The van der Waals surface area contributed by atoms with Crippen LogP contribution in [0.25, 0.3) is 6.08 Å². The van der Waals surface area contributed by atoms with Gasteiger partial charge in [-0.2, -0.15) is 0 Å². The topological polar surface area (TPSA) is 69.2 Å². The molecule has 0 unspecified atom stereocenters. The van der Waals surface area contributed by atoms with E-state index >= 15 is 0 Å². The fraction of sp³-hybridized carbons (Fsp3) is 0.200. The maximum Gasteiger partial charge on any atom is 0.264 e. The van der Waals surface area contributed by atoms with E-state index in [4.69, 9.17) is 14.2 Å². The molecule has 2 aromatic rings. The van der Waals surface area contributed by atoms with Crippen molar-refractivity contribution in [3.8, 4) is 17.2 Å². The Kier molecular flexibility index (Phi) is 6.84. The van der Waals surface area contributed by atoms with Crippen molar-refractivity contribution >= 4 is 57.2 Å². The summed E-state index contributed by atoms with van der Waals surface area (Å²) in [5.74, 6) is 1.92. The van der Waals surface area contributed by atoms with Crippen molar-refractivity contribution in [3.63, 3.8) is 0 Å². The number of halogens is 1. The second-order valence-corrected chi connectivity index (χ2v) is 7.84. The Bertz CT molecular complexity index is 942. The first-order chi connectivity index (χ1) is 13.5. The number of aliphatic imine (C=N–C) groups is 1. The van der Waals surface area contributed by atoms with Crippen molar-refractivity contribution in [1.29, 1.82) is 0 Å². The lowest BCUT2D eigenvalue weighted by molar-refractivity contribution is -0.115. The molecule has 1 N–H and O–H groups in total. The van der Waals surface area contributed by atoms with Crippen molar-refractivity contribution in [2.24, 2.45) is 4.99 Å². The number of hydrogen-bond acceptors (Lipinski definition) is 6. The first-order valence-electron chi connectivity index (χ1n) is 8.48. The lowest BCUT2D eigenvalue weighted by atomic mass is 10.2. The molecule has 0 aliphatic carbocycles. The molecule has 1 aliphatic heterocycles. The molecule has 28 heavy (non-hydrogen) atoms. The van der Waals surface area contributed by atoms with E-state index in [2.05, 4.69) is 32.9 Å². The van der Waals surface area contributed by atoms with Crippen LogP contribution < -0.4 is 19.5 Å². The van der Waals surface area contributed by atoms with Crippen molar-refractivity contribution in [2.45, 2.75) is 6.92 Å². The number of nitrogens with one attached hydrogen (secondary N) is 1. The second-order valence-electron chi connectivity index (χ2n) is 5.65. The van der Waals surface area contributed by atoms with Crippen LogP contribution >= 0.6 is 34.4 Å². The van der Waals surface area contributed by atoms with Crippen LogP contribution in [0.2, 0.25) is 0 Å². The van der Waals surface area contributed by atoms with Gasteiger partial charge in [-0.1, -0.05) is 0 Å². The maximum absolute atomic E-state index is 12.3. The molecule has 1 heterocycles. The quantitative estimate of drug-likeness (QED) is 0.455. The molecule has 0 spiro atoms. The molecule has 8 heteroatoms. The van der Waals surface area contributed by atoms with Gasteiger partial charge in [-0.25, -0.2) is 4.99 Å². The van der Waals surface area contributed by atoms with Crippen LogP contribution in [0, 0.1) is 3.57 Å². The SMILES string of the molecule is CCOc1cc(/C=C2/SC(=Nc3ccc(OC)cc3)NC2=O)cc(I)c1OC. The van der Waals surface area contributed by atoms with E-state index in [1.54, 1.807) is 14.2 Å². The van der Waals surface area contributed by atoms with E-state index in [-0.39, 0.29) is 5.91 Å². The van der Waals surface area contributed by atoms with Gasteiger partial charge in [-0.05, 0) is 89.3 Å². The Morgan fingerprint density at radius 3 is 2.57 bits per heavy atom. The third-order valence-electron chi connectivity index (χ3n) is 3.79. The van der Waals surface area contributed by atoms with E-state index < -0.39 is 0 Å². The van der Waals surface area contributed by atoms with Crippen LogP contribution in [0.4, 0.5) is 5.69 Å². The van der Waals surface area contributed by atoms with Gasteiger partial charge in [0.1, 0.15) is 5.75 Å². The third kappa shape index (κ3) is 4.79. The van der Waals surface area contributed by atoms with Crippen LogP contribution in [0.3, 0.4) is 0 Å². The molecule has 2 aromatic carbocycles. The normalized spacial score (nSPS) is 16.4. The highest BCUT2D eigenvalue weighted by Crippen LogP contribution is 2.36. The number of nitrogens with zero attached hydrogens (tertiary/aromatic N) is 1. The van der Waals surface area contributed by atoms with Crippen LogP contribution in [-0.4, -0.2) is 31.9 Å². The average molecular weight is 510 g/mol. The highest BCUT2D eigenvalue weighted by Gasteiger charge is 2.24. The Labute approximate surface area is 181 Å². The molecule has 0 bridgehead atoms. The highest BCUT2D eigenvalue weighted by atomic mass is 127. The molecule has 0 atom stereocenters. The number of carbonyl (C=O) groups is 1. The van der Waals surface area contributed by atoms with E-state index in [1.165, 1.54) is 11.8 Å². The van der Waals surface area contributed by atoms with E-state index in [9.17, 15) is 4.79 Å². The van der Waals surface area contributed by atoms with Gasteiger partial charge in [0, 0.05) is 0 Å². The summed E-state index contributed by atoms with van der Waals surface area (Å²) in [6, 6.07) is 11.1. The first kappa shape index (κ1) is 20.5. The monoisotopic (exact) mass is 510 g/mol. The van der Waals surface area contributed by atoms with Gasteiger partial charge >= 0.3 is 0 Å². The van der Waals surface area contributed by atoms with Crippen molar-refractivity contribution < 1.29 is 19.0 Å². The Morgan fingerprint density at radius 2 is 1.93 bits per heavy atom. The molecule has 3 rings (SSSR count). The molecule has 1 fully saturated rings. The molecule has 6 nitrogen and oxygen atoms in total. The number of hydrogen-bond donors (Lipinski definition) is 1. The van der Waals surface area contributed by atoms with Crippen molar-refractivity contribution in [2.75, 3.05) is 20.8 Å². The van der Waals surface area contributed by atoms with Crippen molar-refractivity contribution in [1.82, 2.24) is 5.32 Å². The fourth-order valence-electron chi connectivity index (χ4n) is 2.54. The fourth-order valence-corrected chi connectivity index (χ4v) is 4.23. The smallest absolute Gasteiger partial charge is 0.264 e. The summed E-state index contributed by atoms with van der Waals surface area (Å²) in [5.41, 5.74) is 1.60. The molecule has 0 aromatic heterocycles. The number of amides is 1. The number of benzene rings is 2. The number of carbonyl (C=O) groups excluding carboxylic acids is 1. The molecular weight excluding hydrogens is 491 g/mol. The van der Waals surface area contributed by atoms with E-state index in [1.807, 2.05) is 49.4 Å². The Morgan fingerprint density at radius 1 is 1.18 bits per heavy atom. The molecular formula is C20H19IN2O4S. The summed E-state index contributed by atoms with van der Waals surface area (Å²) in [6.45, 7) is 2.44. The zero-order valence-electron chi connectivity index (χ0n) is 15.6. The number of ether oxygens (including phenoxy) is 3. The predicted molar refractivity (Wildman–Crippen MR) is 121 cm³/mol. The maximum atomic E-state index is 12.3. The number of thioether (sulfide) groups is 1. The summed E-state index contributed by atoms with van der Waals surface area (Å²) in [6.07, 6.45) is 1.82. The number of amidine groups is 1. The molecule has 0 radical (unpaired) electrons. The lowest BCUT2D eigenvalue weighted by Crippen LogP contribution is -2.19. The van der Waals surface area contributed by atoms with Crippen LogP contribution in [0.5, 0.6) is 17.2 Å². The third-order valence-corrected chi connectivity index (χ3v) is 5.50. The second kappa shape index (κ2) is 9.33. The van der Waals surface area contributed by atoms with Gasteiger partial charge in [0.25, 0.3) is 5.91 Å². The van der Waals surface area contributed by atoms with Gasteiger partial charge < -0.3 is 19.5 Å². The molecule has 1 amide bonds. The van der Waals surface area contributed by atoms with Crippen LogP contribution in [0.15, 0.2) is 46.3 Å². The summed E-state index contributed by atoms with van der Waals surface area (Å²) in [5, 5.41) is 3.33. The molecule has 1 saturated heterocycles. The van der Waals surface area contributed by atoms with Crippen LogP contribution in [0.1, 0.15) is 12.5 Å². The minimum atomic E-state index is -0.180. The van der Waals surface area contributed by atoms with Gasteiger partial charge in [-0.15, -0.1) is 0 Å². The van der Waals surface area contributed by atoms with Gasteiger partial charge in [0.15, 0.2) is 16.7 Å². The summed E-state index contributed by atoms with van der Waals surface area (Å²) >= 11 is 3.49. The highest BCUT2D eigenvalue weighted by molar-refractivity contribution is 14.1. The number of methoxy groups -OCH3 is 2. The molecule has 0 saturated carbocycles. The number of rotatable bonds is 6. The van der Waals surface area contributed by atoms with Gasteiger partial charge in [0.2, 0.25) is 0 Å². The van der Waals surface area contributed by atoms with E-state index in [0.29, 0.717) is 28.2 Å². The van der Waals surface area contributed by atoms with Crippen LogP contribution in [-0.2, 0) is 4.79 Å². The Hall–Kier alpha value is -2.20. The largest absolute Gasteiger partial charge is 0.497 e. The standard InChI is InChI=1S/C20H19IN2O4S/c1-4-27-16-10-12(9-15(21)18(16)26-3)11-17-19(24)23-20(28-17)22-13-5-7-14(25-2)8-6-13/h5-11H,4H2,1-3H3,(H,22,23,24)/b17-11+. The predicted octanol–water partition coefficient (Wildman–Crippen LogP) is 4.60. The van der Waals surface area contributed by atoms with Gasteiger partial charge in [-0.3, -0.25) is 4.79 Å². The summed E-state index contributed by atoms with van der Waals surface area (Å²) in [4.78, 5) is 17.4. The molecule has 1 aliphatic rings. The van der Waals surface area contributed by atoms with Gasteiger partial charge in [0.05, 0.1) is 35.0 Å². The minimum absolute atomic E-state index is 0.180. The zero-order chi connectivity index (χ0) is 20.1. The minimum Gasteiger partial charge on any atom is -0.497 e. The first-order valence-corrected chi connectivity index (χ1v) is 10.4. The average Bonchev–Trinajstić information content (AvgIpc) is 3.01. The zero-order valence-corrected chi connectivity index (χ0v) is 18.6.